The molecule has 2 nitrogen and oxygen atoms in total. The zero-order chi connectivity index (χ0) is 35.5. The Morgan fingerprint density at radius 1 is 0.358 bits per heavy atom. The third-order valence-corrected chi connectivity index (χ3v) is 11.1. The molecule has 0 unspecified atom stereocenters. The number of hydrogen-bond donors (Lipinski definition) is 0. The van der Waals surface area contributed by atoms with Crippen LogP contribution in [-0.4, -0.2) is 9.97 Å². The molecule has 0 spiro atoms. The SMILES string of the molecule is CC1(C)c2cc3ccccc3cc2-c2cccc(-c3ccc(-c4cc(-c5cccc(-c6ccccc6)c5)nc(-c5ccccc5)n4)c4ccccc34)c21. The molecule has 0 atom stereocenters. The van der Waals surface area contributed by atoms with E-state index >= 15 is 0 Å². The van der Waals surface area contributed by atoms with Gasteiger partial charge in [-0.1, -0.05) is 172 Å². The van der Waals surface area contributed by atoms with E-state index in [1.165, 1.54) is 60.5 Å². The van der Waals surface area contributed by atoms with E-state index in [1.54, 1.807) is 0 Å². The molecule has 0 saturated carbocycles. The smallest absolute Gasteiger partial charge is 0.160 e. The van der Waals surface area contributed by atoms with Crippen molar-refractivity contribution in [3.05, 3.63) is 193 Å². The van der Waals surface area contributed by atoms with Gasteiger partial charge in [0.2, 0.25) is 0 Å². The summed E-state index contributed by atoms with van der Waals surface area (Å²) in [6, 6.07) is 65.3. The van der Waals surface area contributed by atoms with Gasteiger partial charge in [-0.25, -0.2) is 9.97 Å². The fraction of sp³-hybridized carbons (Fsp3) is 0.0588. The molecular formula is C51H36N2. The summed E-state index contributed by atoms with van der Waals surface area (Å²) in [6.45, 7) is 4.76. The predicted octanol–water partition coefficient (Wildman–Crippen LogP) is 13.4. The van der Waals surface area contributed by atoms with Crippen molar-refractivity contribution in [1.82, 2.24) is 9.97 Å². The number of nitrogens with zero attached hydrogens (tertiary/aromatic N) is 2. The van der Waals surface area contributed by atoms with E-state index in [0.717, 1.165) is 33.6 Å². The molecule has 10 rings (SSSR count). The summed E-state index contributed by atoms with van der Waals surface area (Å²) in [5.74, 6) is 0.712. The fourth-order valence-corrected chi connectivity index (χ4v) is 8.48. The Morgan fingerprint density at radius 3 is 1.66 bits per heavy atom. The van der Waals surface area contributed by atoms with Gasteiger partial charge in [-0.05, 0) is 90.3 Å². The Bertz CT molecular complexity index is 2850. The monoisotopic (exact) mass is 676 g/mol. The lowest BCUT2D eigenvalue weighted by Crippen LogP contribution is -2.16. The first-order chi connectivity index (χ1) is 26.0. The molecule has 0 N–H and O–H groups in total. The summed E-state index contributed by atoms with van der Waals surface area (Å²) < 4.78 is 0. The average Bonchev–Trinajstić information content (AvgIpc) is 3.45. The van der Waals surface area contributed by atoms with Crippen LogP contribution in [0.3, 0.4) is 0 Å². The second-order valence-electron chi connectivity index (χ2n) is 14.6. The van der Waals surface area contributed by atoms with Gasteiger partial charge in [0, 0.05) is 22.1 Å². The normalized spacial score (nSPS) is 12.9. The highest BCUT2D eigenvalue weighted by molar-refractivity contribution is 6.07. The first-order valence-electron chi connectivity index (χ1n) is 18.3. The fourth-order valence-electron chi connectivity index (χ4n) is 8.48. The summed E-state index contributed by atoms with van der Waals surface area (Å²) in [6.07, 6.45) is 0. The van der Waals surface area contributed by atoms with Gasteiger partial charge < -0.3 is 0 Å². The molecule has 1 aliphatic rings. The molecule has 8 aromatic carbocycles. The molecule has 250 valence electrons. The molecule has 0 fully saturated rings. The molecule has 1 heterocycles. The molecule has 53 heavy (non-hydrogen) atoms. The predicted molar refractivity (Wildman–Crippen MR) is 222 cm³/mol. The van der Waals surface area contributed by atoms with Crippen LogP contribution in [0.1, 0.15) is 25.0 Å². The summed E-state index contributed by atoms with van der Waals surface area (Å²) in [5.41, 5.74) is 15.1. The van der Waals surface area contributed by atoms with Crippen molar-refractivity contribution < 1.29 is 0 Å². The Balaban J connectivity index is 1.15. The van der Waals surface area contributed by atoms with Crippen molar-refractivity contribution in [3.63, 3.8) is 0 Å². The molecule has 1 aromatic heterocycles. The number of benzene rings is 8. The van der Waals surface area contributed by atoms with Gasteiger partial charge in [-0.15, -0.1) is 0 Å². The molecule has 0 radical (unpaired) electrons. The van der Waals surface area contributed by atoms with Crippen LogP contribution in [0.5, 0.6) is 0 Å². The van der Waals surface area contributed by atoms with Crippen molar-refractivity contribution in [2.24, 2.45) is 0 Å². The summed E-state index contributed by atoms with van der Waals surface area (Å²) in [4.78, 5) is 10.4. The van der Waals surface area contributed by atoms with Crippen molar-refractivity contribution in [2.45, 2.75) is 19.3 Å². The lowest BCUT2D eigenvalue weighted by Gasteiger charge is -2.25. The average molecular weight is 677 g/mol. The van der Waals surface area contributed by atoms with Crippen LogP contribution in [0.2, 0.25) is 0 Å². The minimum Gasteiger partial charge on any atom is -0.228 e. The number of fused-ring (bicyclic) bond motifs is 5. The highest BCUT2D eigenvalue weighted by Gasteiger charge is 2.38. The van der Waals surface area contributed by atoms with E-state index in [9.17, 15) is 0 Å². The minimum absolute atomic E-state index is 0.161. The van der Waals surface area contributed by atoms with Gasteiger partial charge in [-0.2, -0.15) is 0 Å². The van der Waals surface area contributed by atoms with Crippen LogP contribution in [0.25, 0.3) is 88.8 Å². The van der Waals surface area contributed by atoms with Crippen LogP contribution in [0, 0.1) is 0 Å². The Kier molecular flexibility index (Phi) is 7.19. The molecule has 9 aromatic rings. The standard InChI is InChI=1S/C51H36N2/c1-51(2)46-31-37-20-10-9-19-36(37)30-45(46)44-26-14-25-43(49(44)51)41-27-28-42(40-24-12-11-23-39(40)41)48-32-47(52-50(53-48)34-17-7-4-8-18-34)38-22-13-21-35(29-38)33-15-5-3-6-16-33/h3-32H,1-2H3. The van der Waals surface area contributed by atoms with Gasteiger partial charge in [-0.3, -0.25) is 0 Å². The topological polar surface area (TPSA) is 25.8 Å². The van der Waals surface area contributed by atoms with Crippen LogP contribution in [0.15, 0.2) is 182 Å². The van der Waals surface area contributed by atoms with Crippen molar-refractivity contribution in [3.8, 4) is 67.3 Å². The van der Waals surface area contributed by atoms with Crippen LogP contribution in [-0.2, 0) is 5.41 Å². The van der Waals surface area contributed by atoms with E-state index in [4.69, 9.17) is 9.97 Å². The minimum atomic E-state index is -0.161. The van der Waals surface area contributed by atoms with Gasteiger partial charge in [0.05, 0.1) is 11.4 Å². The van der Waals surface area contributed by atoms with E-state index in [1.807, 2.05) is 18.2 Å². The molecule has 1 aliphatic carbocycles. The molecular weight excluding hydrogens is 641 g/mol. The molecule has 0 bridgehead atoms. The third kappa shape index (κ3) is 5.18. The summed E-state index contributed by atoms with van der Waals surface area (Å²) in [5, 5.41) is 4.95. The number of aromatic nitrogens is 2. The van der Waals surface area contributed by atoms with E-state index in [0.29, 0.717) is 5.82 Å². The zero-order valence-corrected chi connectivity index (χ0v) is 29.7. The maximum atomic E-state index is 5.26. The number of hydrogen-bond acceptors (Lipinski definition) is 2. The van der Waals surface area contributed by atoms with Crippen LogP contribution < -0.4 is 0 Å². The van der Waals surface area contributed by atoms with Crippen LogP contribution >= 0.6 is 0 Å². The highest BCUT2D eigenvalue weighted by atomic mass is 14.9. The maximum Gasteiger partial charge on any atom is 0.160 e. The third-order valence-electron chi connectivity index (χ3n) is 11.1. The first-order valence-corrected chi connectivity index (χ1v) is 18.3. The lowest BCUT2D eigenvalue weighted by atomic mass is 9.78. The summed E-state index contributed by atoms with van der Waals surface area (Å²) >= 11 is 0. The van der Waals surface area contributed by atoms with E-state index < -0.39 is 0 Å². The van der Waals surface area contributed by atoms with Gasteiger partial charge in [0.1, 0.15) is 0 Å². The zero-order valence-electron chi connectivity index (χ0n) is 29.7. The largest absolute Gasteiger partial charge is 0.228 e. The van der Waals surface area contributed by atoms with E-state index in [-0.39, 0.29) is 5.41 Å². The Morgan fingerprint density at radius 2 is 0.906 bits per heavy atom. The van der Waals surface area contributed by atoms with E-state index in [2.05, 4.69) is 178 Å². The summed E-state index contributed by atoms with van der Waals surface area (Å²) in [7, 11) is 0. The van der Waals surface area contributed by atoms with Crippen molar-refractivity contribution >= 4 is 21.5 Å². The van der Waals surface area contributed by atoms with Crippen molar-refractivity contribution in [2.75, 3.05) is 0 Å². The van der Waals surface area contributed by atoms with Gasteiger partial charge in [0.15, 0.2) is 5.82 Å². The van der Waals surface area contributed by atoms with Gasteiger partial charge >= 0.3 is 0 Å². The lowest BCUT2D eigenvalue weighted by molar-refractivity contribution is 0.663. The van der Waals surface area contributed by atoms with Crippen molar-refractivity contribution in [1.29, 1.82) is 0 Å². The Hall–Kier alpha value is -6.64. The molecule has 0 saturated heterocycles. The Labute approximate surface area is 310 Å². The highest BCUT2D eigenvalue weighted by Crippen LogP contribution is 2.54. The molecule has 0 amide bonds. The second-order valence-corrected chi connectivity index (χ2v) is 14.6. The first kappa shape index (κ1) is 31.1. The maximum absolute atomic E-state index is 5.26. The second kappa shape index (κ2) is 12.3. The van der Waals surface area contributed by atoms with Crippen LogP contribution in [0.4, 0.5) is 0 Å². The molecule has 2 heteroatoms. The quantitative estimate of drug-likeness (QED) is 0.181. The molecule has 0 aliphatic heterocycles. The van der Waals surface area contributed by atoms with Gasteiger partial charge in [0.25, 0.3) is 0 Å². The number of rotatable bonds is 5.